The van der Waals surface area contributed by atoms with E-state index in [9.17, 15) is 4.79 Å². The number of aromatic nitrogens is 2. The molecule has 3 aromatic rings. The van der Waals surface area contributed by atoms with Gasteiger partial charge in [0.2, 0.25) is 0 Å². The van der Waals surface area contributed by atoms with Crippen LogP contribution in [0.5, 0.6) is 0 Å². The molecule has 1 aliphatic heterocycles. The van der Waals surface area contributed by atoms with Crippen LogP contribution in [0.15, 0.2) is 48.7 Å². The number of ether oxygens (including phenoxy) is 1. The van der Waals surface area contributed by atoms with Gasteiger partial charge in [-0.25, -0.2) is 4.98 Å². The maximum Gasteiger partial charge on any atom is 0.267 e. The van der Waals surface area contributed by atoms with Crippen LogP contribution >= 0.6 is 0 Å². The number of pyridine rings is 1. The summed E-state index contributed by atoms with van der Waals surface area (Å²) in [6.45, 7) is 3.66. The fourth-order valence-corrected chi connectivity index (χ4v) is 2.97. The molecule has 0 radical (unpaired) electrons. The Morgan fingerprint density at radius 3 is 2.80 bits per heavy atom. The second-order valence-corrected chi connectivity index (χ2v) is 6.08. The Hall–Kier alpha value is -2.86. The molecule has 1 aliphatic rings. The lowest BCUT2D eigenvalue weighted by Crippen LogP contribution is -2.36. The molecule has 0 aliphatic carbocycles. The first-order valence-electron chi connectivity index (χ1n) is 8.43. The van der Waals surface area contributed by atoms with Gasteiger partial charge in [0.1, 0.15) is 11.5 Å². The molecule has 1 amide bonds. The molecule has 128 valence electrons. The highest BCUT2D eigenvalue weighted by atomic mass is 16.5. The van der Waals surface area contributed by atoms with Gasteiger partial charge in [0.05, 0.1) is 13.2 Å². The van der Waals surface area contributed by atoms with Gasteiger partial charge in [-0.1, -0.05) is 24.3 Å². The van der Waals surface area contributed by atoms with Crippen LogP contribution < -0.4 is 10.2 Å². The van der Waals surface area contributed by atoms with Gasteiger partial charge in [0.15, 0.2) is 0 Å². The van der Waals surface area contributed by atoms with E-state index in [0.717, 1.165) is 48.6 Å². The summed E-state index contributed by atoms with van der Waals surface area (Å²) >= 11 is 0. The van der Waals surface area contributed by atoms with Gasteiger partial charge < -0.3 is 19.9 Å². The largest absolute Gasteiger partial charge is 0.378 e. The van der Waals surface area contributed by atoms with Crippen molar-refractivity contribution in [3.63, 3.8) is 0 Å². The minimum atomic E-state index is -0.117. The van der Waals surface area contributed by atoms with Crippen molar-refractivity contribution < 1.29 is 9.53 Å². The van der Waals surface area contributed by atoms with E-state index in [0.29, 0.717) is 12.2 Å². The highest BCUT2D eigenvalue weighted by molar-refractivity contribution is 5.97. The van der Waals surface area contributed by atoms with Gasteiger partial charge in [-0.15, -0.1) is 0 Å². The quantitative estimate of drug-likeness (QED) is 0.767. The number of hydrogen-bond acceptors (Lipinski definition) is 4. The summed E-state index contributed by atoms with van der Waals surface area (Å²) < 4.78 is 5.35. The molecule has 2 aromatic heterocycles. The molecule has 0 bridgehead atoms. The average molecular weight is 336 g/mol. The summed E-state index contributed by atoms with van der Waals surface area (Å²) in [5.74, 6) is 0.836. The lowest BCUT2D eigenvalue weighted by molar-refractivity contribution is 0.0946. The summed E-state index contributed by atoms with van der Waals surface area (Å²) in [6.07, 6.45) is 1.82. The number of rotatable bonds is 4. The molecule has 1 aromatic carbocycles. The Morgan fingerprint density at radius 1 is 1.20 bits per heavy atom. The molecular formula is C19H20N4O2. The third kappa shape index (κ3) is 3.49. The van der Waals surface area contributed by atoms with Gasteiger partial charge in [-0.3, -0.25) is 4.79 Å². The van der Waals surface area contributed by atoms with Gasteiger partial charge in [0, 0.05) is 36.7 Å². The molecule has 6 heteroatoms. The zero-order chi connectivity index (χ0) is 17.1. The lowest BCUT2D eigenvalue weighted by atomic mass is 10.2. The fraction of sp³-hybridized carbons (Fsp3) is 0.263. The first kappa shape index (κ1) is 15.7. The zero-order valence-corrected chi connectivity index (χ0v) is 13.9. The van der Waals surface area contributed by atoms with Crippen LogP contribution in [0.2, 0.25) is 0 Å². The number of H-pyrrole nitrogens is 1. The molecule has 4 rings (SSSR count). The van der Waals surface area contributed by atoms with Crippen molar-refractivity contribution >= 4 is 22.6 Å². The minimum Gasteiger partial charge on any atom is -0.378 e. The highest BCUT2D eigenvalue weighted by Crippen LogP contribution is 2.15. The van der Waals surface area contributed by atoms with Crippen LogP contribution in [0.25, 0.3) is 10.9 Å². The van der Waals surface area contributed by atoms with Crippen molar-refractivity contribution in [2.24, 2.45) is 0 Å². The smallest absolute Gasteiger partial charge is 0.267 e. The molecule has 0 saturated carbocycles. The predicted octanol–water partition coefficient (Wildman–Crippen LogP) is 2.33. The van der Waals surface area contributed by atoms with Crippen molar-refractivity contribution in [1.82, 2.24) is 15.3 Å². The number of para-hydroxylation sites is 1. The Bertz CT molecular complexity index is 834. The predicted molar refractivity (Wildman–Crippen MR) is 96.7 cm³/mol. The number of hydrogen-bond donors (Lipinski definition) is 2. The first-order chi connectivity index (χ1) is 12.3. The number of fused-ring (bicyclic) bond motifs is 1. The summed E-state index contributed by atoms with van der Waals surface area (Å²) in [5.41, 5.74) is 2.50. The van der Waals surface area contributed by atoms with E-state index in [4.69, 9.17) is 4.74 Å². The zero-order valence-electron chi connectivity index (χ0n) is 13.9. The number of benzene rings is 1. The summed E-state index contributed by atoms with van der Waals surface area (Å²) in [6, 6.07) is 13.7. The number of morpholine rings is 1. The third-order valence-electron chi connectivity index (χ3n) is 4.37. The SMILES string of the molecule is O=C(NCc1ccc(N2CCOCC2)nc1)c1cc2ccccc2[nH]1. The highest BCUT2D eigenvalue weighted by Gasteiger charge is 2.12. The average Bonchev–Trinajstić information content (AvgIpc) is 3.11. The van der Waals surface area contributed by atoms with E-state index in [1.807, 2.05) is 48.7 Å². The molecular weight excluding hydrogens is 316 g/mol. The van der Waals surface area contributed by atoms with Gasteiger partial charge in [-0.2, -0.15) is 0 Å². The van der Waals surface area contributed by atoms with E-state index >= 15 is 0 Å². The number of anilines is 1. The van der Waals surface area contributed by atoms with Gasteiger partial charge in [-0.05, 0) is 23.8 Å². The number of carbonyl (C=O) groups is 1. The van der Waals surface area contributed by atoms with E-state index in [2.05, 4.69) is 20.2 Å². The lowest BCUT2D eigenvalue weighted by Gasteiger charge is -2.27. The molecule has 6 nitrogen and oxygen atoms in total. The van der Waals surface area contributed by atoms with E-state index in [1.165, 1.54) is 0 Å². The van der Waals surface area contributed by atoms with E-state index in [1.54, 1.807) is 0 Å². The molecule has 25 heavy (non-hydrogen) atoms. The van der Waals surface area contributed by atoms with Crippen LogP contribution in [0.4, 0.5) is 5.82 Å². The molecule has 0 atom stereocenters. The minimum absolute atomic E-state index is 0.117. The van der Waals surface area contributed by atoms with Crippen molar-refractivity contribution in [3.05, 3.63) is 59.9 Å². The Morgan fingerprint density at radius 2 is 2.04 bits per heavy atom. The first-order valence-corrected chi connectivity index (χ1v) is 8.43. The van der Waals surface area contributed by atoms with E-state index < -0.39 is 0 Å². The number of nitrogens with zero attached hydrogens (tertiary/aromatic N) is 2. The number of carbonyl (C=O) groups excluding carboxylic acids is 1. The van der Waals surface area contributed by atoms with Crippen molar-refractivity contribution in [3.8, 4) is 0 Å². The fourth-order valence-electron chi connectivity index (χ4n) is 2.97. The molecule has 0 spiro atoms. The monoisotopic (exact) mass is 336 g/mol. The third-order valence-corrected chi connectivity index (χ3v) is 4.37. The standard InChI is InChI=1S/C19H20N4O2/c24-19(17-11-15-3-1-2-4-16(15)22-17)21-13-14-5-6-18(20-12-14)23-7-9-25-10-8-23/h1-6,11-12,22H,7-10,13H2,(H,21,24). The molecule has 2 N–H and O–H groups in total. The molecule has 3 heterocycles. The summed E-state index contributed by atoms with van der Waals surface area (Å²) in [7, 11) is 0. The van der Waals surface area contributed by atoms with Crippen LogP contribution in [0.1, 0.15) is 16.1 Å². The van der Waals surface area contributed by atoms with Crippen molar-refractivity contribution in [2.75, 3.05) is 31.2 Å². The summed E-state index contributed by atoms with van der Waals surface area (Å²) in [5, 5.41) is 3.96. The summed E-state index contributed by atoms with van der Waals surface area (Å²) in [4.78, 5) is 22.2. The number of amides is 1. The second-order valence-electron chi connectivity index (χ2n) is 6.08. The van der Waals surface area contributed by atoms with Crippen LogP contribution in [0.3, 0.4) is 0 Å². The number of nitrogens with one attached hydrogen (secondary N) is 2. The van der Waals surface area contributed by atoms with E-state index in [-0.39, 0.29) is 5.91 Å². The van der Waals surface area contributed by atoms with Crippen LogP contribution in [-0.4, -0.2) is 42.2 Å². The Kier molecular flexibility index (Phi) is 4.35. The maximum absolute atomic E-state index is 12.3. The van der Waals surface area contributed by atoms with Crippen LogP contribution in [0, 0.1) is 0 Å². The van der Waals surface area contributed by atoms with Crippen LogP contribution in [-0.2, 0) is 11.3 Å². The van der Waals surface area contributed by atoms with Gasteiger partial charge >= 0.3 is 0 Å². The Balaban J connectivity index is 1.38. The second kappa shape index (κ2) is 6.94. The normalized spacial score (nSPS) is 14.6. The Labute approximate surface area is 145 Å². The molecule has 0 unspecified atom stereocenters. The topological polar surface area (TPSA) is 70.2 Å². The van der Waals surface area contributed by atoms with Crippen molar-refractivity contribution in [1.29, 1.82) is 0 Å². The molecule has 1 saturated heterocycles. The molecule has 1 fully saturated rings. The van der Waals surface area contributed by atoms with Gasteiger partial charge in [0.25, 0.3) is 5.91 Å². The van der Waals surface area contributed by atoms with Crippen molar-refractivity contribution in [2.45, 2.75) is 6.54 Å². The number of aromatic amines is 1. The maximum atomic E-state index is 12.3.